The Bertz CT molecular complexity index is 506. The highest BCUT2D eigenvalue weighted by Gasteiger charge is 2.34. The molecule has 1 fully saturated rings. The van der Waals surface area contributed by atoms with Crippen LogP contribution >= 0.6 is 0 Å². The van der Waals surface area contributed by atoms with E-state index in [4.69, 9.17) is 4.74 Å². The van der Waals surface area contributed by atoms with Crippen LogP contribution < -0.4 is 10.1 Å². The predicted octanol–water partition coefficient (Wildman–Crippen LogP) is 1.34. The molecule has 1 saturated heterocycles. The van der Waals surface area contributed by atoms with Crippen molar-refractivity contribution in [2.45, 2.75) is 31.8 Å². The second-order valence-electron chi connectivity index (χ2n) is 6.21. The first-order chi connectivity index (χ1) is 10.5. The predicted molar refractivity (Wildman–Crippen MR) is 86.0 cm³/mol. The Morgan fingerprint density at radius 3 is 2.91 bits per heavy atom. The van der Waals surface area contributed by atoms with Crippen molar-refractivity contribution in [1.82, 2.24) is 10.2 Å². The number of ether oxygens (including phenoxy) is 1. The summed E-state index contributed by atoms with van der Waals surface area (Å²) in [5.74, 6) is 0.836. The lowest BCUT2D eigenvalue weighted by Gasteiger charge is -2.22. The van der Waals surface area contributed by atoms with Crippen LogP contribution in [0.4, 0.5) is 0 Å². The fourth-order valence-corrected chi connectivity index (χ4v) is 2.69. The number of hydrogen-bond acceptors (Lipinski definition) is 4. The highest BCUT2D eigenvalue weighted by Crippen LogP contribution is 2.19. The highest BCUT2D eigenvalue weighted by molar-refractivity contribution is 5.75. The van der Waals surface area contributed by atoms with Gasteiger partial charge in [0.15, 0.2) is 0 Å². The van der Waals surface area contributed by atoms with Crippen LogP contribution in [0.1, 0.15) is 24.8 Å². The van der Waals surface area contributed by atoms with E-state index in [0.717, 1.165) is 17.9 Å². The monoisotopic (exact) mass is 306 g/mol. The number of β-amino-alcohol motifs (C(OH)–C–C–N with tert-alkyl or cyclic N) is 1. The molecule has 22 heavy (non-hydrogen) atoms. The maximum Gasteiger partial charge on any atom is 0.220 e. The quantitative estimate of drug-likeness (QED) is 0.746. The van der Waals surface area contributed by atoms with Crippen LogP contribution in [0.25, 0.3) is 0 Å². The minimum Gasteiger partial charge on any atom is -0.493 e. The maximum absolute atomic E-state index is 11.8. The Hall–Kier alpha value is -1.59. The number of hydrogen-bond donors (Lipinski definition) is 2. The number of nitrogens with one attached hydrogen (secondary N) is 1. The van der Waals surface area contributed by atoms with Crippen molar-refractivity contribution in [3.8, 4) is 5.75 Å². The third kappa shape index (κ3) is 5.00. The topological polar surface area (TPSA) is 61.8 Å². The minimum atomic E-state index is -0.776. The minimum absolute atomic E-state index is 0.0311. The van der Waals surface area contributed by atoms with E-state index >= 15 is 0 Å². The van der Waals surface area contributed by atoms with Crippen molar-refractivity contribution in [2.75, 3.05) is 33.3 Å². The van der Waals surface area contributed by atoms with Crippen molar-refractivity contribution in [3.63, 3.8) is 0 Å². The van der Waals surface area contributed by atoms with Crippen LogP contribution in [-0.2, 0) is 4.79 Å². The standard InChI is InChI=1S/C17H26N2O3/c1-14-6-3-4-7-15(14)22-11-5-8-16(20)18-12-17(21)9-10-19(2)13-17/h3-4,6-7,21H,5,8-13H2,1-2H3,(H,18,20)/t17-/m0/s1. The molecule has 1 atom stereocenters. The number of likely N-dealkylation sites (N-methyl/N-ethyl adjacent to an activating group) is 1. The lowest BCUT2D eigenvalue weighted by atomic mass is 10.0. The lowest BCUT2D eigenvalue weighted by Crippen LogP contribution is -2.44. The fraction of sp³-hybridized carbons (Fsp3) is 0.588. The Morgan fingerprint density at radius 1 is 1.45 bits per heavy atom. The number of benzene rings is 1. The second-order valence-corrected chi connectivity index (χ2v) is 6.21. The van der Waals surface area contributed by atoms with Gasteiger partial charge in [0.2, 0.25) is 5.91 Å². The molecule has 0 saturated carbocycles. The molecule has 0 spiro atoms. The SMILES string of the molecule is Cc1ccccc1OCCCC(=O)NC[C@@]1(O)CCN(C)C1. The molecular weight excluding hydrogens is 280 g/mol. The molecule has 1 aromatic carbocycles. The molecule has 5 nitrogen and oxygen atoms in total. The zero-order valence-corrected chi connectivity index (χ0v) is 13.5. The van der Waals surface area contributed by atoms with Gasteiger partial charge in [0.1, 0.15) is 5.75 Å². The van der Waals surface area contributed by atoms with Crippen molar-refractivity contribution in [3.05, 3.63) is 29.8 Å². The van der Waals surface area contributed by atoms with Gasteiger partial charge in [-0.05, 0) is 38.4 Å². The van der Waals surface area contributed by atoms with Gasteiger partial charge in [-0.25, -0.2) is 0 Å². The normalized spacial score (nSPS) is 21.8. The van der Waals surface area contributed by atoms with Gasteiger partial charge in [0.25, 0.3) is 0 Å². The number of nitrogens with zero attached hydrogens (tertiary/aromatic N) is 1. The van der Waals surface area contributed by atoms with E-state index in [0.29, 0.717) is 39.0 Å². The van der Waals surface area contributed by atoms with Crippen molar-refractivity contribution in [1.29, 1.82) is 0 Å². The number of rotatable bonds is 7. The van der Waals surface area contributed by atoms with E-state index in [1.807, 2.05) is 38.2 Å². The van der Waals surface area contributed by atoms with E-state index in [-0.39, 0.29) is 5.91 Å². The molecule has 2 rings (SSSR count). The van der Waals surface area contributed by atoms with Gasteiger partial charge in [-0.3, -0.25) is 4.79 Å². The molecule has 1 amide bonds. The molecule has 0 aliphatic carbocycles. The molecule has 1 aromatic rings. The van der Waals surface area contributed by atoms with Crippen molar-refractivity contribution >= 4 is 5.91 Å². The van der Waals surface area contributed by atoms with Crippen molar-refractivity contribution < 1.29 is 14.6 Å². The van der Waals surface area contributed by atoms with Gasteiger partial charge in [0, 0.05) is 26.1 Å². The second kappa shape index (κ2) is 7.61. The van der Waals surface area contributed by atoms with Crippen LogP contribution in [-0.4, -0.2) is 54.8 Å². The third-order valence-corrected chi connectivity index (χ3v) is 4.04. The molecule has 0 radical (unpaired) electrons. The molecule has 1 aliphatic rings. The van der Waals surface area contributed by atoms with Gasteiger partial charge >= 0.3 is 0 Å². The molecule has 0 bridgehead atoms. The average Bonchev–Trinajstić information content (AvgIpc) is 2.83. The summed E-state index contributed by atoms with van der Waals surface area (Å²) in [6.45, 7) is 4.34. The third-order valence-electron chi connectivity index (χ3n) is 4.04. The smallest absolute Gasteiger partial charge is 0.220 e. The van der Waals surface area contributed by atoms with E-state index in [1.165, 1.54) is 0 Å². The van der Waals surface area contributed by atoms with Gasteiger partial charge in [-0.1, -0.05) is 18.2 Å². The Balaban J connectivity index is 1.61. The number of para-hydroxylation sites is 1. The Morgan fingerprint density at radius 2 is 2.23 bits per heavy atom. The van der Waals surface area contributed by atoms with E-state index in [2.05, 4.69) is 10.2 Å². The molecule has 1 aliphatic heterocycles. The molecule has 122 valence electrons. The summed E-state index contributed by atoms with van der Waals surface area (Å²) < 4.78 is 5.66. The van der Waals surface area contributed by atoms with E-state index < -0.39 is 5.60 Å². The van der Waals surface area contributed by atoms with Crippen LogP contribution in [0.15, 0.2) is 24.3 Å². The molecule has 0 unspecified atom stereocenters. The summed E-state index contributed by atoms with van der Waals surface area (Å²) in [6, 6.07) is 7.85. The highest BCUT2D eigenvalue weighted by atomic mass is 16.5. The number of carbonyl (C=O) groups excluding carboxylic acids is 1. The first-order valence-electron chi connectivity index (χ1n) is 7.85. The first-order valence-corrected chi connectivity index (χ1v) is 7.85. The summed E-state index contributed by atoms with van der Waals surface area (Å²) >= 11 is 0. The largest absolute Gasteiger partial charge is 0.493 e. The van der Waals surface area contributed by atoms with Crippen LogP contribution in [0.3, 0.4) is 0 Å². The zero-order chi connectivity index (χ0) is 16.0. The Labute approximate surface area is 132 Å². The lowest BCUT2D eigenvalue weighted by molar-refractivity contribution is -0.122. The zero-order valence-electron chi connectivity index (χ0n) is 13.5. The molecule has 0 aromatic heterocycles. The summed E-state index contributed by atoms with van der Waals surface area (Å²) in [6.07, 6.45) is 1.79. The number of amides is 1. The van der Waals surface area contributed by atoms with Gasteiger partial charge in [0.05, 0.1) is 12.2 Å². The van der Waals surface area contributed by atoms with Crippen LogP contribution in [0, 0.1) is 6.92 Å². The number of carbonyl (C=O) groups is 1. The first kappa shape index (κ1) is 16.8. The van der Waals surface area contributed by atoms with E-state index in [1.54, 1.807) is 0 Å². The average molecular weight is 306 g/mol. The summed E-state index contributed by atoms with van der Waals surface area (Å²) in [5.41, 5.74) is 0.321. The summed E-state index contributed by atoms with van der Waals surface area (Å²) in [4.78, 5) is 13.9. The van der Waals surface area contributed by atoms with Gasteiger partial charge in [-0.2, -0.15) is 0 Å². The summed E-state index contributed by atoms with van der Waals surface area (Å²) in [7, 11) is 1.97. The Kier molecular flexibility index (Phi) is 5.80. The number of aryl methyl sites for hydroxylation is 1. The van der Waals surface area contributed by atoms with Crippen LogP contribution in [0.2, 0.25) is 0 Å². The fourth-order valence-electron chi connectivity index (χ4n) is 2.69. The number of aliphatic hydroxyl groups is 1. The van der Waals surface area contributed by atoms with Gasteiger partial charge < -0.3 is 20.1 Å². The molecule has 2 N–H and O–H groups in total. The van der Waals surface area contributed by atoms with Gasteiger partial charge in [-0.15, -0.1) is 0 Å². The maximum atomic E-state index is 11.8. The molecule has 5 heteroatoms. The summed E-state index contributed by atoms with van der Waals surface area (Å²) in [5, 5.41) is 13.1. The van der Waals surface area contributed by atoms with Crippen LogP contribution in [0.5, 0.6) is 5.75 Å². The molecular formula is C17H26N2O3. The van der Waals surface area contributed by atoms with E-state index in [9.17, 15) is 9.90 Å². The molecule has 1 heterocycles. The van der Waals surface area contributed by atoms with Crippen molar-refractivity contribution in [2.24, 2.45) is 0 Å². The number of likely N-dealkylation sites (tertiary alicyclic amines) is 1.